The van der Waals surface area contributed by atoms with E-state index in [0.29, 0.717) is 31.2 Å². The quantitative estimate of drug-likeness (QED) is 0.750. The Balaban J connectivity index is 0.00000169. The molecule has 0 saturated carbocycles. The lowest BCUT2D eigenvalue weighted by Crippen LogP contribution is -2.09. The SMILES string of the molecule is COCc1cc(N)nc(CCN)n1.Cl. The average Bonchev–Trinajstić information content (AvgIpc) is 2.04. The van der Waals surface area contributed by atoms with Crippen LogP contribution in [0.5, 0.6) is 0 Å². The topological polar surface area (TPSA) is 87.0 Å². The highest BCUT2D eigenvalue weighted by Crippen LogP contribution is 2.04. The van der Waals surface area contributed by atoms with Gasteiger partial charge in [0, 0.05) is 19.6 Å². The number of halogens is 1. The number of aromatic nitrogens is 2. The molecule has 0 saturated heterocycles. The Morgan fingerprint density at radius 3 is 2.71 bits per heavy atom. The van der Waals surface area contributed by atoms with Gasteiger partial charge in [-0.3, -0.25) is 0 Å². The van der Waals surface area contributed by atoms with Crippen molar-refractivity contribution >= 4 is 18.2 Å². The Morgan fingerprint density at radius 1 is 1.43 bits per heavy atom. The molecule has 0 bridgehead atoms. The largest absolute Gasteiger partial charge is 0.384 e. The lowest BCUT2D eigenvalue weighted by molar-refractivity contribution is 0.181. The van der Waals surface area contributed by atoms with Crippen LogP contribution in [-0.2, 0) is 17.8 Å². The maximum absolute atomic E-state index is 5.57. The molecule has 0 atom stereocenters. The molecule has 0 radical (unpaired) electrons. The van der Waals surface area contributed by atoms with Crippen molar-refractivity contribution in [2.45, 2.75) is 13.0 Å². The van der Waals surface area contributed by atoms with Gasteiger partial charge in [0.05, 0.1) is 12.3 Å². The van der Waals surface area contributed by atoms with Crippen molar-refractivity contribution < 1.29 is 4.74 Å². The molecule has 0 amide bonds. The molecule has 0 fully saturated rings. The average molecular weight is 219 g/mol. The van der Waals surface area contributed by atoms with Crippen LogP contribution in [0.25, 0.3) is 0 Å². The molecule has 80 valence electrons. The van der Waals surface area contributed by atoms with Gasteiger partial charge in [0.25, 0.3) is 0 Å². The zero-order valence-corrected chi connectivity index (χ0v) is 8.88. The highest BCUT2D eigenvalue weighted by molar-refractivity contribution is 5.85. The monoisotopic (exact) mass is 218 g/mol. The molecular formula is C8H15ClN4O. The second kappa shape index (κ2) is 6.53. The number of methoxy groups -OCH3 is 1. The summed E-state index contributed by atoms with van der Waals surface area (Å²) in [6.07, 6.45) is 0.641. The number of hydrogen-bond donors (Lipinski definition) is 2. The molecule has 0 unspecified atom stereocenters. The van der Waals surface area contributed by atoms with Crippen LogP contribution in [-0.4, -0.2) is 23.6 Å². The van der Waals surface area contributed by atoms with Crippen molar-refractivity contribution in [1.29, 1.82) is 0 Å². The Morgan fingerprint density at radius 2 is 2.14 bits per heavy atom. The summed E-state index contributed by atoms with van der Waals surface area (Å²) in [7, 11) is 1.61. The number of ether oxygens (including phenoxy) is 1. The standard InChI is InChI=1S/C8H14N4O.ClH/c1-13-5-6-4-7(10)12-8(11-6)2-3-9;/h4H,2-3,5,9H2,1H3,(H2,10,11,12);1H. The van der Waals surface area contributed by atoms with Gasteiger partial charge in [0.2, 0.25) is 0 Å². The van der Waals surface area contributed by atoms with Gasteiger partial charge in [-0.1, -0.05) is 0 Å². The number of anilines is 1. The number of nitrogen functional groups attached to an aromatic ring is 1. The molecule has 1 heterocycles. The molecule has 1 aromatic rings. The number of rotatable bonds is 4. The minimum absolute atomic E-state index is 0. The van der Waals surface area contributed by atoms with Gasteiger partial charge in [-0.25, -0.2) is 9.97 Å². The molecule has 5 nitrogen and oxygen atoms in total. The van der Waals surface area contributed by atoms with Gasteiger partial charge in [0.15, 0.2) is 0 Å². The van der Waals surface area contributed by atoms with Crippen molar-refractivity contribution in [1.82, 2.24) is 9.97 Å². The molecule has 14 heavy (non-hydrogen) atoms. The summed E-state index contributed by atoms with van der Waals surface area (Å²) < 4.78 is 4.94. The first-order chi connectivity index (χ1) is 6.26. The predicted octanol–water partition coefficient (Wildman–Crippen LogP) is 0.128. The number of hydrogen-bond acceptors (Lipinski definition) is 5. The van der Waals surface area contributed by atoms with Crippen molar-refractivity contribution in [3.05, 3.63) is 17.6 Å². The highest BCUT2D eigenvalue weighted by atomic mass is 35.5. The van der Waals surface area contributed by atoms with E-state index in [4.69, 9.17) is 16.2 Å². The molecular weight excluding hydrogens is 204 g/mol. The van der Waals surface area contributed by atoms with Crippen LogP contribution < -0.4 is 11.5 Å². The molecule has 1 rings (SSSR count). The van der Waals surface area contributed by atoms with E-state index >= 15 is 0 Å². The third-order valence-electron chi connectivity index (χ3n) is 1.51. The summed E-state index contributed by atoms with van der Waals surface area (Å²) in [5.41, 5.74) is 11.7. The summed E-state index contributed by atoms with van der Waals surface area (Å²) in [5.74, 6) is 1.14. The lowest BCUT2D eigenvalue weighted by atomic mass is 10.3. The van der Waals surface area contributed by atoms with Gasteiger partial charge >= 0.3 is 0 Å². The van der Waals surface area contributed by atoms with Crippen LogP contribution in [0.3, 0.4) is 0 Å². The van der Waals surface area contributed by atoms with Crippen molar-refractivity contribution in [3.63, 3.8) is 0 Å². The third kappa shape index (κ3) is 3.87. The van der Waals surface area contributed by atoms with E-state index in [2.05, 4.69) is 9.97 Å². The smallest absolute Gasteiger partial charge is 0.132 e. The Labute approximate surface area is 89.3 Å². The first-order valence-electron chi connectivity index (χ1n) is 4.07. The Hall–Kier alpha value is -0.910. The minimum atomic E-state index is 0. The van der Waals surface area contributed by atoms with Crippen molar-refractivity contribution in [3.8, 4) is 0 Å². The summed E-state index contributed by atoms with van der Waals surface area (Å²) in [5, 5.41) is 0. The molecule has 0 spiro atoms. The summed E-state index contributed by atoms with van der Waals surface area (Å²) in [6, 6.07) is 1.70. The van der Waals surface area contributed by atoms with E-state index in [1.165, 1.54) is 0 Å². The molecule has 1 aromatic heterocycles. The van der Waals surface area contributed by atoms with Gasteiger partial charge < -0.3 is 16.2 Å². The predicted molar refractivity (Wildman–Crippen MR) is 57.2 cm³/mol. The van der Waals surface area contributed by atoms with Crippen LogP contribution >= 0.6 is 12.4 Å². The lowest BCUT2D eigenvalue weighted by Gasteiger charge is -2.03. The fraction of sp³-hybridized carbons (Fsp3) is 0.500. The Kier molecular flexibility index (Phi) is 6.11. The molecule has 0 aliphatic heterocycles. The first-order valence-corrected chi connectivity index (χ1v) is 4.07. The van der Waals surface area contributed by atoms with Crippen molar-refractivity contribution in [2.24, 2.45) is 5.73 Å². The fourth-order valence-corrected chi connectivity index (χ4v) is 1.04. The number of nitrogens with two attached hydrogens (primary N) is 2. The molecule has 4 N–H and O–H groups in total. The maximum atomic E-state index is 5.57. The molecule has 0 aromatic carbocycles. The summed E-state index contributed by atoms with van der Waals surface area (Å²) in [6.45, 7) is 0.972. The maximum Gasteiger partial charge on any atom is 0.132 e. The summed E-state index contributed by atoms with van der Waals surface area (Å²) >= 11 is 0. The zero-order valence-electron chi connectivity index (χ0n) is 8.06. The fourth-order valence-electron chi connectivity index (χ4n) is 1.04. The first kappa shape index (κ1) is 13.1. The zero-order chi connectivity index (χ0) is 9.68. The van der Waals surface area contributed by atoms with E-state index in [-0.39, 0.29) is 12.4 Å². The van der Waals surface area contributed by atoms with E-state index in [9.17, 15) is 0 Å². The highest BCUT2D eigenvalue weighted by Gasteiger charge is 2.01. The van der Waals surface area contributed by atoms with Crippen molar-refractivity contribution in [2.75, 3.05) is 19.4 Å². The van der Waals surface area contributed by atoms with E-state index in [0.717, 1.165) is 5.69 Å². The molecule has 6 heteroatoms. The second-order valence-corrected chi connectivity index (χ2v) is 2.67. The second-order valence-electron chi connectivity index (χ2n) is 2.67. The summed E-state index contributed by atoms with van der Waals surface area (Å²) in [4.78, 5) is 8.25. The Bertz CT molecular complexity index is 258. The van der Waals surface area contributed by atoms with Crippen LogP contribution in [0.15, 0.2) is 6.07 Å². The normalized spacial score (nSPS) is 9.57. The van der Waals surface area contributed by atoms with Crippen LogP contribution in [0.4, 0.5) is 5.82 Å². The third-order valence-corrected chi connectivity index (χ3v) is 1.51. The van der Waals surface area contributed by atoms with E-state index < -0.39 is 0 Å². The van der Waals surface area contributed by atoms with Crippen LogP contribution in [0, 0.1) is 0 Å². The number of nitrogens with zero attached hydrogens (tertiary/aromatic N) is 2. The molecule has 0 aliphatic carbocycles. The van der Waals surface area contributed by atoms with Crippen LogP contribution in [0.1, 0.15) is 11.5 Å². The van der Waals surface area contributed by atoms with Gasteiger partial charge in [-0.05, 0) is 6.54 Å². The van der Waals surface area contributed by atoms with Gasteiger partial charge in [-0.15, -0.1) is 12.4 Å². The minimum Gasteiger partial charge on any atom is -0.384 e. The van der Waals surface area contributed by atoms with Gasteiger partial charge in [-0.2, -0.15) is 0 Å². The van der Waals surface area contributed by atoms with E-state index in [1.54, 1.807) is 13.2 Å². The molecule has 0 aliphatic rings. The van der Waals surface area contributed by atoms with E-state index in [1.807, 2.05) is 0 Å². The van der Waals surface area contributed by atoms with Crippen LogP contribution in [0.2, 0.25) is 0 Å². The van der Waals surface area contributed by atoms with Gasteiger partial charge in [0.1, 0.15) is 11.6 Å².